The first-order valence-electron chi connectivity index (χ1n) is 10.0. The Kier molecular flexibility index (Phi) is 4.80. The van der Waals surface area contributed by atoms with Crippen molar-refractivity contribution in [2.75, 3.05) is 11.4 Å². The highest BCUT2D eigenvalue weighted by Gasteiger charge is 2.30. The van der Waals surface area contributed by atoms with E-state index in [0.29, 0.717) is 26.7 Å². The third kappa shape index (κ3) is 3.77. The summed E-state index contributed by atoms with van der Waals surface area (Å²) in [4.78, 5) is 15.1. The lowest BCUT2D eigenvalue weighted by Gasteiger charge is -2.16. The summed E-state index contributed by atoms with van der Waals surface area (Å²) in [5, 5.41) is 11.5. The first-order chi connectivity index (χ1) is 15.4. The Morgan fingerprint density at radius 3 is 2.59 bits per heavy atom. The SMILES string of the molecule is O=c1c(-c2cccc3[nH]ncc23)cc(-c2ccc(N3C=CCC3)cc2)nn1CC(F)(F)F. The minimum Gasteiger partial charge on any atom is -0.348 e. The highest BCUT2D eigenvalue weighted by molar-refractivity contribution is 5.94. The van der Waals surface area contributed by atoms with E-state index >= 15 is 0 Å². The summed E-state index contributed by atoms with van der Waals surface area (Å²) in [6, 6.07) is 14.1. The first-order valence-corrected chi connectivity index (χ1v) is 10.0. The molecule has 0 aliphatic carbocycles. The zero-order valence-electron chi connectivity index (χ0n) is 16.8. The smallest absolute Gasteiger partial charge is 0.348 e. The van der Waals surface area contributed by atoms with Gasteiger partial charge in [0.15, 0.2) is 0 Å². The second-order valence-electron chi connectivity index (χ2n) is 7.57. The molecule has 0 fully saturated rings. The average molecular weight is 437 g/mol. The topological polar surface area (TPSA) is 66.8 Å². The summed E-state index contributed by atoms with van der Waals surface area (Å²) in [6.45, 7) is -0.586. The lowest BCUT2D eigenvalue weighted by Crippen LogP contribution is -2.31. The van der Waals surface area contributed by atoms with Gasteiger partial charge in [-0.3, -0.25) is 9.89 Å². The van der Waals surface area contributed by atoms with Crippen molar-refractivity contribution >= 4 is 16.6 Å². The maximum atomic E-state index is 13.2. The monoisotopic (exact) mass is 437 g/mol. The molecule has 0 bridgehead atoms. The molecule has 9 heteroatoms. The molecule has 1 aliphatic heterocycles. The Morgan fingerprint density at radius 2 is 1.88 bits per heavy atom. The summed E-state index contributed by atoms with van der Waals surface area (Å²) in [7, 11) is 0. The first kappa shape index (κ1) is 20.0. The molecule has 1 N–H and O–H groups in total. The van der Waals surface area contributed by atoms with E-state index in [9.17, 15) is 18.0 Å². The number of anilines is 1. The van der Waals surface area contributed by atoms with Gasteiger partial charge in [-0.05, 0) is 36.2 Å². The van der Waals surface area contributed by atoms with Crippen LogP contribution < -0.4 is 10.5 Å². The summed E-state index contributed by atoms with van der Waals surface area (Å²) < 4.78 is 40.1. The van der Waals surface area contributed by atoms with Crippen LogP contribution in [0.4, 0.5) is 18.9 Å². The van der Waals surface area contributed by atoms with Gasteiger partial charge in [0.1, 0.15) is 6.54 Å². The maximum Gasteiger partial charge on any atom is 0.408 e. The second-order valence-corrected chi connectivity index (χ2v) is 7.57. The third-order valence-electron chi connectivity index (χ3n) is 5.40. The molecular formula is C23H18F3N5O. The normalized spacial score (nSPS) is 13.9. The van der Waals surface area contributed by atoms with E-state index in [1.807, 2.05) is 18.3 Å². The standard InChI is InChI=1S/C23H18F3N5O/c24-23(25,26)14-31-22(32)18(17-4-3-5-20-19(17)13-27-28-20)12-21(29-31)15-6-8-16(9-7-15)30-10-1-2-11-30/h1,3-10,12-13H,2,11,14H2,(H,27,28). The van der Waals surface area contributed by atoms with Gasteiger partial charge in [-0.15, -0.1) is 0 Å². The molecule has 3 heterocycles. The van der Waals surface area contributed by atoms with Crippen molar-refractivity contribution in [2.45, 2.75) is 19.1 Å². The predicted octanol–water partition coefficient (Wildman–Crippen LogP) is 4.74. The molecule has 0 saturated carbocycles. The Morgan fingerprint density at radius 1 is 1.06 bits per heavy atom. The fourth-order valence-electron chi connectivity index (χ4n) is 3.88. The summed E-state index contributed by atoms with van der Waals surface area (Å²) in [6.07, 6.45) is 2.01. The number of H-pyrrole nitrogens is 1. The molecule has 32 heavy (non-hydrogen) atoms. The molecule has 2 aromatic heterocycles. The third-order valence-corrected chi connectivity index (χ3v) is 5.40. The van der Waals surface area contributed by atoms with E-state index in [2.05, 4.69) is 26.3 Å². The quantitative estimate of drug-likeness (QED) is 0.501. The van der Waals surface area contributed by atoms with Gasteiger partial charge >= 0.3 is 6.18 Å². The highest BCUT2D eigenvalue weighted by Crippen LogP contribution is 2.29. The molecular weight excluding hydrogens is 419 g/mol. The summed E-state index contributed by atoms with van der Waals surface area (Å²) >= 11 is 0. The zero-order chi connectivity index (χ0) is 22.3. The van der Waals surface area contributed by atoms with E-state index in [1.165, 1.54) is 0 Å². The van der Waals surface area contributed by atoms with E-state index in [1.54, 1.807) is 42.6 Å². The van der Waals surface area contributed by atoms with Crippen LogP contribution in [0.2, 0.25) is 0 Å². The van der Waals surface area contributed by atoms with Gasteiger partial charge in [-0.1, -0.05) is 30.3 Å². The van der Waals surface area contributed by atoms with Crippen LogP contribution in [-0.4, -0.2) is 32.7 Å². The molecule has 0 atom stereocenters. The van der Waals surface area contributed by atoms with Crippen molar-refractivity contribution in [1.29, 1.82) is 0 Å². The number of nitrogens with zero attached hydrogens (tertiary/aromatic N) is 4. The van der Waals surface area contributed by atoms with E-state index in [-0.39, 0.29) is 11.3 Å². The number of alkyl halides is 3. The zero-order valence-corrected chi connectivity index (χ0v) is 16.8. The molecule has 0 unspecified atom stereocenters. The van der Waals surface area contributed by atoms with Crippen molar-refractivity contribution in [2.24, 2.45) is 0 Å². The van der Waals surface area contributed by atoms with Gasteiger partial charge in [0, 0.05) is 29.4 Å². The molecule has 0 amide bonds. The molecule has 0 saturated heterocycles. The van der Waals surface area contributed by atoms with Gasteiger partial charge in [0.25, 0.3) is 5.56 Å². The molecule has 6 nitrogen and oxygen atoms in total. The van der Waals surface area contributed by atoms with Gasteiger partial charge in [-0.2, -0.15) is 23.4 Å². The second kappa shape index (κ2) is 7.67. The number of fused-ring (bicyclic) bond motifs is 1. The molecule has 4 aromatic rings. The van der Waals surface area contributed by atoms with Crippen molar-refractivity contribution in [3.8, 4) is 22.4 Å². The fraction of sp³-hybridized carbons (Fsp3) is 0.174. The number of rotatable bonds is 4. The van der Waals surface area contributed by atoms with Gasteiger partial charge < -0.3 is 4.90 Å². The van der Waals surface area contributed by atoms with Crippen molar-refractivity contribution < 1.29 is 13.2 Å². The molecule has 0 radical (unpaired) electrons. The minimum absolute atomic E-state index is 0.137. The summed E-state index contributed by atoms with van der Waals surface area (Å²) in [5.41, 5.74) is 2.40. The van der Waals surface area contributed by atoms with Gasteiger partial charge in [-0.25, -0.2) is 4.68 Å². The minimum atomic E-state index is -4.58. The van der Waals surface area contributed by atoms with E-state index < -0.39 is 18.3 Å². The number of nitrogens with one attached hydrogen (secondary N) is 1. The van der Waals surface area contributed by atoms with Crippen molar-refractivity contribution in [3.63, 3.8) is 0 Å². The number of halogens is 3. The maximum absolute atomic E-state index is 13.2. The highest BCUT2D eigenvalue weighted by atomic mass is 19.4. The molecule has 162 valence electrons. The predicted molar refractivity (Wildman–Crippen MR) is 116 cm³/mol. The number of hydrogen-bond acceptors (Lipinski definition) is 4. The molecule has 1 aliphatic rings. The van der Waals surface area contributed by atoms with Crippen LogP contribution in [0.5, 0.6) is 0 Å². The average Bonchev–Trinajstić information content (AvgIpc) is 3.46. The lowest BCUT2D eigenvalue weighted by atomic mass is 10.0. The Hall–Kier alpha value is -3.88. The van der Waals surface area contributed by atoms with E-state index in [0.717, 1.165) is 18.7 Å². The fourth-order valence-corrected chi connectivity index (χ4v) is 3.88. The largest absolute Gasteiger partial charge is 0.408 e. The van der Waals surface area contributed by atoms with Gasteiger partial charge in [0.2, 0.25) is 0 Å². The van der Waals surface area contributed by atoms with Gasteiger partial charge in [0.05, 0.1) is 23.0 Å². The Bertz CT molecular complexity index is 1370. The van der Waals surface area contributed by atoms with Crippen molar-refractivity contribution in [1.82, 2.24) is 20.0 Å². The molecule has 0 spiro atoms. The number of aromatic nitrogens is 4. The Labute approximate surface area is 180 Å². The van der Waals surface area contributed by atoms with E-state index in [4.69, 9.17) is 0 Å². The molecule has 5 rings (SSSR count). The van der Waals surface area contributed by atoms with Crippen LogP contribution in [0.15, 0.2) is 71.8 Å². The van der Waals surface area contributed by atoms with Crippen LogP contribution in [0.25, 0.3) is 33.3 Å². The van der Waals surface area contributed by atoms with Crippen molar-refractivity contribution in [3.05, 3.63) is 77.4 Å². The van der Waals surface area contributed by atoms with Crippen LogP contribution in [-0.2, 0) is 6.54 Å². The number of aromatic amines is 1. The van der Waals surface area contributed by atoms with Crippen LogP contribution in [0, 0.1) is 0 Å². The van der Waals surface area contributed by atoms with Crippen LogP contribution >= 0.6 is 0 Å². The molecule has 2 aromatic carbocycles. The lowest BCUT2D eigenvalue weighted by molar-refractivity contribution is -0.143. The van der Waals surface area contributed by atoms with Crippen LogP contribution in [0.3, 0.4) is 0 Å². The number of benzene rings is 2. The Balaban J connectivity index is 1.65. The van der Waals surface area contributed by atoms with Crippen LogP contribution in [0.1, 0.15) is 6.42 Å². The number of hydrogen-bond donors (Lipinski definition) is 1. The summed E-state index contributed by atoms with van der Waals surface area (Å²) in [5.74, 6) is 0.